The Hall–Kier alpha value is -2.64. The third-order valence-corrected chi connectivity index (χ3v) is 5.03. The van der Waals surface area contributed by atoms with E-state index in [4.69, 9.17) is 5.73 Å². The number of carbonyl (C=O) groups is 3. The molecule has 1 aliphatic carbocycles. The summed E-state index contributed by atoms with van der Waals surface area (Å²) in [7, 11) is 0. The van der Waals surface area contributed by atoms with Crippen LogP contribution in [0.5, 0.6) is 0 Å². The number of nitrogens with zero attached hydrogens (tertiary/aromatic N) is 2. The van der Waals surface area contributed by atoms with Gasteiger partial charge in [0.1, 0.15) is 5.54 Å². The maximum absolute atomic E-state index is 12.6. The molecule has 0 aromatic carbocycles. The van der Waals surface area contributed by atoms with Gasteiger partial charge in [-0.2, -0.15) is 0 Å². The lowest BCUT2D eigenvalue weighted by Gasteiger charge is -2.41. The Bertz CT molecular complexity index is 679. The zero-order valence-electron chi connectivity index (χ0n) is 14.2. The first-order chi connectivity index (χ1) is 11.8. The fourth-order valence-electron chi connectivity index (χ4n) is 3.23. The van der Waals surface area contributed by atoms with E-state index in [-0.39, 0.29) is 17.4 Å². The highest BCUT2D eigenvalue weighted by Crippen LogP contribution is 2.38. The molecular formula is C17H23N5O3. The van der Waals surface area contributed by atoms with Gasteiger partial charge in [-0.3, -0.25) is 14.6 Å². The van der Waals surface area contributed by atoms with Crippen molar-refractivity contribution in [1.29, 1.82) is 0 Å². The lowest BCUT2D eigenvalue weighted by atomic mass is 9.88. The van der Waals surface area contributed by atoms with Gasteiger partial charge in [0.25, 0.3) is 5.91 Å². The molecule has 1 aromatic heterocycles. The predicted octanol–water partition coefficient (Wildman–Crippen LogP) is 0.393. The van der Waals surface area contributed by atoms with Crippen LogP contribution in [-0.4, -0.2) is 51.9 Å². The van der Waals surface area contributed by atoms with Crippen LogP contribution in [0.3, 0.4) is 0 Å². The van der Waals surface area contributed by atoms with Gasteiger partial charge in [-0.05, 0) is 44.7 Å². The molecule has 1 saturated carbocycles. The van der Waals surface area contributed by atoms with Gasteiger partial charge >= 0.3 is 6.03 Å². The maximum atomic E-state index is 12.6. The van der Waals surface area contributed by atoms with Crippen LogP contribution < -0.4 is 16.4 Å². The normalized spacial score (nSPS) is 20.4. The minimum atomic E-state index is -0.806. The van der Waals surface area contributed by atoms with Gasteiger partial charge in [0.2, 0.25) is 5.91 Å². The molecule has 4 amide bonds. The first-order valence-electron chi connectivity index (χ1n) is 8.43. The quantitative estimate of drug-likeness (QED) is 0.732. The molecule has 2 heterocycles. The Balaban J connectivity index is 1.57. The summed E-state index contributed by atoms with van der Waals surface area (Å²) in [6.07, 6.45) is 5.73. The van der Waals surface area contributed by atoms with E-state index in [1.54, 1.807) is 29.4 Å². The van der Waals surface area contributed by atoms with E-state index in [0.29, 0.717) is 44.3 Å². The van der Waals surface area contributed by atoms with Gasteiger partial charge in [0.15, 0.2) is 0 Å². The molecule has 2 fully saturated rings. The van der Waals surface area contributed by atoms with Crippen molar-refractivity contribution in [3.63, 3.8) is 0 Å². The van der Waals surface area contributed by atoms with E-state index >= 15 is 0 Å². The van der Waals surface area contributed by atoms with Gasteiger partial charge in [-0.1, -0.05) is 0 Å². The van der Waals surface area contributed by atoms with Gasteiger partial charge < -0.3 is 21.3 Å². The van der Waals surface area contributed by atoms with Crippen LogP contribution in [0.4, 0.5) is 4.79 Å². The average molecular weight is 345 g/mol. The highest BCUT2D eigenvalue weighted by molar-refractivity contribution is 5.95. The predicted molar refractivity (Wildman–Crippen MR) is 90.6 cm³/mol. The number of nitrogens with one attached hydrogen (secondary N) is 2. The molecule has 2 aliphatic rings. The minimum Gasteiger partial charge on any atom is -0.352 e. The molecule has 3 rings (SSSR count). The van der Waals surface area contributed by atoms with Crippen molar-refractivity contribution < 1.29 is 14.4 Å². The summed E-state index contributed by atoms with van der Waals surface area (Å²) < 4.78 is 0. The second-order valence-corrected chi connectivity index (χ2v) is 7.11. The number of likely N-dealkylation sites (tertiary alicyclic amines) is 1. The van der Waals surface area contributed by atoms with E-state index in [2.05, 4.69) is 15.6 Å². The lowest BCUT2D eigenvalue weighted by molar-refractivity contribution is -0.135. The third-order valence-electron chi connectivity index (χ3n) is 5.03. The number of rotatable bonds is 4. The molecule has 134 valence electrons. The third kappa shape index (κ3) is 3.72. The van der Waals surface area contributed by atoms with Crippen LogP contribution in [0.1, 0.15) is 43.0 Å². The van der Waals surface area contributed by atoms with Crippen molar-refractivity contribution in [3.8, 4) is 0 Å². The number of primary amides is 1. The van der Waals surface area contributed by atoms with Gasteiger partial charge in [0, 0.05) is 36.6 Å². The highest BCUT2D eigenvalue weighted by atomic mass is 16.2. The molecule has 0 unspecified atom stereocenters. The number of hydrogen-bond donors (Lipinski definition) is 3. The first-order valence-corrected chi connectivity index (χ1v) is 8.43. The molecule has 8 nitrogen and oxygen atoms in total. The van der Waals surface area contributed by atoms with Gasteiger partial charge in [-0.25, -0.2) is 4.79 Å². The summed E-state index contributed by atoms with van der Waals surface area (Å²) in [6, 6.07) is 2.67. The standard InChI is InChI=1S/C17H23N5O3/c1-16(20-13(23)12-2-8-19-9-3-12)6-10-22(11-7-16)14(24)17(4-5-17)21-15(18)25/h2-3,8-9H,4-7,10-11H2,1H3,(H,20,23)(H3,18,21,25). The van der Waals surface area contributed by atoms with Crippen LogP contribution in [0, 0.1) is 0 Å². The summed E-state index contributed by atoms with van der Waals surface area (Å²) in [5, 5.41) is 5.64. The highest BCUT2D eigenvalue weighted by Gasteiger charge is 2.53. The van der Waals surface area contributed by atoms with E-state index in [9.17, 15) is 14.4 Å². The summed E-state index contributed by atoms with van der Waals surface area (Å²) in [4.78, 5) is 41.7. The van der Waals surface area contributed by atoms with Gasteiger partial charge in [0.05, 0.1) is 0 Å². The smallest absolute Gasteiger partial charge is 0.313 e. The Labute approximate surface area is 146 Å². The second-order valence-electron chi connectivity index (χ2n) is 7.11. The first kappa shape index (κ1) is 17.2. The molecule has 8 heteroatoms. The maximum Gasteiger partial charge on any atom is 0.313 e. The molecule has 0 bridgehead atoms. The molecule has 4 N–H and O–H groups in total. The molecule has 25 heavy (non-hydrogen) atoms. The molecule has 1 saturated heterocycles. The summed E-state index contributed by atoms with van der Waals surface area (Å²) >= 11 is 0. The molecule has 0 spiro atoms. The van der Waals surface area contributed by atoms with Crippen LogP contribution in [0.2, 0.25) is 0 Å². The molecule has 1 aromatic rings. The van der Waals surface area contributed by atoms with Crippen LogP contribution >= 0.6 is 0 Å². The summed E-state index contributed by atoms with van der Waals surface area (Å²) in [6.45, 7) is 3.06. The zero-order chi connectivity index (χ0) is 18.1. The average Bonchev–Trinajstić information content (AvgIpc) is 3.35. The van der Waals surface area contributed by atoms with Crippen molar-refractivity contribution >= 4 is 17.8 Å². The van der Waals surface area contributed by atoms with E-state index < -0.39 is 11.6 Å². The van der Waals surface area contributed by atoms with Crippen LogP contribution in [0.25, 0.3) is 0 Å². The SMILES string of the molecule is CC1(NC(=O)c2ccncc2)CCN(C(=O)C2(NC(N)=O)CC2)CC1. The van der Waals surface area contributed by atoms with Crippen molar-refractivity contribution in [2.24, 2.45) is 5.73 Å². The Kier molecular flexibility index (Phi) is 4.36. The Morgan fingerprint density at radius 1 is 1.08 bits per heavy atom. The number of piperidine rings is 1. The van der Waals surface area contributed by atoms with Crippen molar-refractivity contribution in [1.82, 2.24) is 20.5 Å². The lowest BCUT2D eigenvalue weighted by Crippen LogP contribution is -2.58. The fourth-order valence-corrected chi connectivity index (χ4v) is 3.23. The number of amides is 4. The summed E-state index contributed by atoms with van der Waals surface area (Å²) in [5.74, 6) is -0.215. The number of aromatic nitrogens is 1. The molecule has 1 aliphatic heterocycles. The number of hydrogen-bond acceptors (Lipinski definition) is 4. The minimum absolute atomic E-state index is 0.0752. The zero-order valence-corrected chi connectivity index (χ0v) is 14.2. The van der Waals surface area contributed by atoms with Crippen LogP contribution in [0.15, 0.2) is 24.5 Å². The Morgan fingerprint density at radius 3 is 2.20 bits per heavy atom. The van der Waals surface area contributed by atoms with E-state index in [0.717, 1.165) is 0 Å². The summed E-state index contributed by atoms with van der Waals surface area (Å²) in [5.41, 5.74) is 4.56. The molecular weight excluding hydrogens is 322 g/mol. The molecule has 0 radical (unpaired) electrons. The largest absolute Gasteiger partial charge is 0.352 e. The van der Waals surface area contributed by atoms with Crippen molar-refractivity contribution in [2.75, 3.05) is 13.1 Å². The fraction of sp³-hybridized carbons (Fsp3) is 0.529. The second kappa shape index (κ2) is 6.34. The van der Waals surface area contributed by atoms with Crippen molar-refractivity contribution in [2.45, 2.75) is 43.7 Å². The van der Waals surface area contributed by atoms with Crippen LogP contribution in [-0.2, 0) is 4.79 Å². The Morgan fingerprint density at radius 2 is 1.68 bits per heavy atom. The van der Waals surface area contributed by atoms with Gasteiger partial charge in [-0.15, -0.1) is 0 Å². The number of pyridine rings is 1. The topological polar surface area (TPSA) is 117 Å². The van der Waals surface area contributed by atoms with E-state index in [1.165, 1.54) is 0 Å². The number of carbonyl (C=O) groups excluding carboxylic acids is 3. The number of urea groups is 1. The van der Waals surface area contributed by atoms with Crippen molar-refractivity contribution in [3.05, 3.63) is 30.1 Å². The van der Waals surface area contributed by atoms with E-state index in [1.807, 2.05) is 6.92 Å². The monoisotopic (exact) mass is 345 g/mol. The number of nitrogens with two attached hydrogens (primary N) is 1. The molecule has 0 atom stereocenters.